The molecule has 0 saturated carbocycles. The molecule has 12 nitrogen and oxygen atoms in total. The van der Waals surface area contributed by atoms with Gasteiger partial charge in [0.15, 0.2) is 28.8 Å². The number of aliphatic imine (C=N–C) groups is 1. The van der Waals surface area contributed by atoms with Crippen LogP contribution in [-0.2, 0) is 16.1 Å². The molecule has 4 rings (SSSR count). The molecule has 2 aromatic rings. The highest BCUT2D eigenvalue weighted by Crippen LogP contribution is 2.32. The van der Waals surface area contributed by atoms with Crippen molar-refractivity contribution in [3.63, 3.8) is 0 Å². The lowest BCUT2D eigenvalue weighted by atomic mass is 10.2. The van der Waals surface area contributed by atoms with Crippen LogP contribution in [0.25, 0.3) is 16.7 Å². The molecule has 2 aliphatic heterocycles. The van der Waals surface area contributed by atoms with Crippen LogP contribution in [0, 0.1) is 5.92 Å². The van der Waals surface area contributed by atoms with Crippen LogP contribution >= 0.6 is 0 Å². The molecular formula is C24H34N10O2. The summed E-state index contributed by atoms with van der Waals surface area (Å²) in [6, 6.07) is 0. The second-order valence-corrected chi connectivity index (χ2v) is 9.19. The number of imidazole rings is 1. The molecule has 0 aliphatic carbocycles. The van der Waals surface area contributed by atoms with Gasteiger partial charge in [0.25, 0.3) is 0 Å². The molecule has 2 fully saturated rings. The second kappa shape index (κ2) is 10.8. The van der Waals surface area contributed by atoms with Crippen LogP contribution < -0.4 is 21.3 Å². The number of carbonyl (C=O) groups is 1. The average Bonchev–Trinajstić information content (AvgIpc) is 3.22. The number of allylic oxidation sites excluding steroid dienone is 2. The quantitative estimate of drug-likeness (QED) is 0.237. The third-order valence-electron chi connectivity index (χ3n) is 6.05. The Morgan fingerprint density at radius 1 is 1.14 bits per heavy atom. The normalized spacial score (nSPS) is 17.1. The minimum Gasteiger partial charge on any atom is -0.378 e. The zero-order valence-corrected chi connectivity index (χ0v) is 20.9. The molecule has 12 heteroatoms. The van der Waals surface area contributed by atoms with E-state index in [1.54, 1.807) is 11.0 Å². The van der Waals surface area contributed by atoms with Gasteiger partial charge < -0.3 is 30.9 Å². The van der Waals surface area contributed by atoms with Crippen LogP contribution in [0.5, 0.6) is 0 Å². The molecule has 2 aliphatic rings. The standard InChI is InChI=1S/C24H34N10O2/c1-5-18(12-27-23(25)26)20-29-21(31-8-10-36-11-9-31)19-22(30-20)34(13-16(2)3)24(28-19)32-6-7-33(15-35)17(4)14-32/h5,12,15-16H,1,4,6-11,13-14H2,2-3H3,(H4,25,26,27)/b18-12+. The van der Waals surface area contributed by atoms with Crippen molar-refractivity contribution in [2.24, 2.45) is 22.4 Å². The Bertz CT molecular complexity index is 1210. The SMILES string of the molecule is C=C/C(=C\N=C(N)N)c1nc(N2CCOCC2)c2nc(N3CCN(C=O)C(=C)C3)n(CC(C)C)c2n1. The molecule has 0 unspecified atom stereocenters. The Morgan fingerprint density at radius 2 is 1.89 bits per heavy atom. The predicted molar refractivity (Wildman–Crippen MR) is 141 cm³/mol. The van der Waals surface area contributed by atoms with E-state index in [1.807, 2.05) is 0 Å². The van der Waals surface area contributed by atoms with Gasteiger partial charge in [-0.05, 0) is 5.92 Å². The zero-order valence-electron chi connectivity index (χ0n) is 20.9. The summed E-state index contributed by atoms with van der Waals surface area (Å²) < 4.78 is 7.70. The summed E-state index contributed by atoms with van der Waals surface area (Å²) in [6.07, 6.45) is 3.97. The zero-order chi connectivity index (χ0) is 25.8. The lowest BCUT2D eigenvalue weighted by Gasteiger charge is -2.35. The highest BCUT2D eigenvalue weighted by molar-refractivity contribution is 5.88. The van der Waals surface area contributed by atoms with Crippen molar-refractivity contribution in [1.29, 1.82) is 0 Å². The fourth-order valence-electron chi connectivity index (χ4n) is 4.29. The van der Waals surface area contributed by atoms with E-state index in [1.165, 1.54) is 6.20 Å². The van der Waals surface area contributed by atoms with Gasteiger partial charge in [-0.2, -0.15) is 0 Å². The number of nitrogens with zero attached hydrogens (tertiary/aromatic N) is 8. The van der Waals surface area contributed by atoms with Gasteiger partial charge >= 0.3 is 0 Å². The summed E-state index contributed by atoms with van der Waals surface area (Å²) in [5.74, 6) is 2.23. The molecule has 0 atom stereocenters. The van der Waals surface area contributed by atoms with Gasteiger partial charge in [0.1, 0.15) is 0 Å². The summed E-state index contributed by atoms with van der Waals surface area (Å²) in [5.41, 5.74) is 13.8. The number of rotatable bonds is 8. The topological polar surface area (TPSA) is 144 Å². The van der Waals surface area contributed by atoms with Crippen LogP contribution in [0.3, 0.4) is 0 Å². The molecule has 0 bridgehead atoms. The molecule has 4 N–H and O–H groups in total. The number of fused-ring (bicyclic) bond motifs is 1. The highest BCUT2D eigenvalue weighted by Gasteiger charge is 2.28. The minimum absolute atomic E-state index is 0.0642. The first-order valence-corrected chi connectivity index (χ1v) is 12.0. The van der Waals surface area contributed by atoms with Crippen LogP contribution in [0.4, 0.5) is 11.8 Å². The Morgan fingerprint density at radius 3 is 2.50 bits per heavy atom. The first kappa shape index (κ1) is 25.2. The first-order valence-electron chi connectivity index (χ1n) is 12.0. The van der Waals surface area contributed by atoms with E-state index in [0.29, 0.717) is 81.0 Å². The maximum atomic E-state index is 11.4. The van der Waals surface area contributed by atoms with Crippen LogP contribution in [0.15, 0.2) is 36.1 Å². The maximum absolute atomic E-state index is 11.4. The number of nitrogens with two attached hydrogens (primary N) is 2. The van der Waals surface area contributed by atoms with Gasteiger partial charge in [0.2, 0.25) is 12.4 Å². The number of aromatic nitrogens is 4. The second-order valence-electron chi connectivity index (χ2n) is 9.19. The van der Waals surface area contributed by atoms with Crippen molar-refractivity contribution < 1.29 is 9.53 Å². The fraction of sp³-hybridized carbons (Fsp3) is 0.458. The summed E-state index contributed by atoms with van der Waals surface area (Å²) >= 11 is 0. The third-order valence-corrected chi connectivity index (χ3v) is 6.05. The number of guanidine groups is 1. The fourth-order valence-corrected chi connectivity index (χ4v) is 4.29. The molecule has 0 radical (unpaired) electrons. The van der Waals surface area contributed by atoms with E-state index in [0.717, 1.165) is 23.9 Å². The van der Waals surface area contributed by atoms with Gasteiger partial charge in [0, 0.05) is 50.2 Å². The van der Waals surface area contributed by atoms with Crippen molar-refractivity contribution >= 4 is 40.9 Å². The van der Waals surface area contributed by atoms with Gasteiger partial charge in [-0.3, -0.25) is 9.36 Å². The van der Waals surface area contributed by atoms with E-state index in [2.05, 4.69) is 46.4 Å². The van der Waals surface area contributed by atoms with E-state index in [9.17, 15) is 4.79 Å². The van der Waals surface area contributed by atoms with E-state index < -0.39 is 0 Å². The summed E-state index contributed by atoms with van der Waals surface area (Å²) in [6.45, 7) is 17.2. The number of piperazine rings is 1. The molecule has 4 heterocycles. The van der Waals surface area contributed by atoms with Crippen LogP contribution in [0.2, 0.25) is 0 Å². The van der Waals surface area contributed by atoms with Crippen molar-refractivity contribution in [2.75, 3.05) is 55.7 Å². The summed E-state index contributed by atoms with van der Waals surface area (Å²) in [5, 5.41) is 0. The number of carbonyl (C=O) groups excluding carboxylic acids is 1. The predicted octanol–water partition coefficient (Wildman–Crippen LogP) is 0.911. The monoisotopic (exact) mass is 494 g/mol. The lowest BCUT2D eigenvalue weighted by molar-refractivity contribution is -0.116. The van der Waals surface area contributed by atoms with Gasteiger partial charge in [0.05, 0.1) is 19.8 Å². The maximum Gasteiger partial charge on any atom is 0.213 e. The molecular weight excluding hydrogens is 460 g/mol. The molecule has 0 aromatic carbocycles. The number of morpholine rings is 1. The smallest absolute Gasteiger partial charge is 0.213 e. The van der Waals surface area contributed by atoms with Crippen molar-refractivity contribution in [2.45, 2.75) is 20.4 Å². The van der Waals surface area contributed by atoms with Gasteiger partial charge in [-0.1, -0.05) is 33.1 Å². The first-order chi connectivity index (χ1) is 17.3. The molecule has 36 heavy (non-hydrogen) atoms. The third kappa shape index (κ3) is 5.18. The molecule has 0 spiro atoms. The molecule has 2 saturated heterocycles. The number of hydrogen-bond donors (Lipinski definition) is 2. The number of ether oxygens (including phenoxy) is 1. The van der Waals surface area contributed by atoms with Crippen molar-refractivity contribution in [3.05, 3.63) is 37.0 Å². The minimum atomic E-state index is -0.0642. The number of amides is 1. The Labute approximate surface area is 210 Å². The van der Waals surface area contributed by atoms with Crippen LogP contribution in [0.1, 0.15) is 19.7 Å². The van der Waals surface area contributed by atoms with Gasteiger partial charge in [-0.25, -0.2) is 19.9 Å². The van der Waals surface area contributed by atoms with Crippen molar-refractivity contribution in [1.82, 2.24) is 24.4 Å². The van der Waals surface area contributed by atoms with E-state index in [-0.39, 0.29) is 5.96 Å². The molecule has 1 amide bonds. The largest absolute Gasteiger partial charge is 0.378 e. The Hall–Kier alpha value is -3.93. The number of hydrogen-bond acceptors (Lipinski definition) is 8. The van der Waals surface area contributed by atoms with Gasteiger partial charge in [-0.15, -0.1) is 0 Å². The van der Waals surface area contributed by atoms with E-state index >= 15 is 0 Å². The molecule has 192 valence electrons. The summed E-state index contributed by atoms with van der Waals surface area (Å²) in [4.78, 5) is 36.2. The highest BCUT2D eigenvalue weighted by atomic mass is 16.5. The average molecular weight is 495 g/mol. The molecule has 2 aromatic heterocycles. The lowest BCUT2D eigenvalue weighted by Crippen LogP contribution is -2.44. The summed E-state index contributed by atoms with van der Waals surface area (Å²) in [7, 11) is 0. The Kier molecular flexibility index (Phi) is 7.53. The van der Waals surface area contributed by atoms with Crippen molar-refractivity contribution in [3.8, 4) is 0 Å². The van der Waals surface area contributed by atoms with Crippen LogP contribution in [-0.4, -0.2) is 82.7 Å². The number of anilines is 2. The Balaban J connectivity index is 1.92. The van der Waals surface area contributed by atoms with E-state index in [4.69, 9.17) is 31.2 Å².